The molecule has 100 valence electrons. The van der Waals surface area contributed by atoms with Gasteiger partial charge in [0.25, 0.3) is 0 Å². The zero-order valence-corrected chi connectivity index (χ0v) is 11.4. The van der Waals surface area contributed by atoms with Crippen molar-refractivity contribution in [3.05, 3.63) is 35.2 Å². The lowest BCUT2D eigenvalue weighted by atomic mass is 9.90. The molecule has 0 fully saturated rings. The molecule has 1 aromatic carbocycles. The van der Waals surface area contributed by atoms with Crippen LogP contribution < -0.4 is 5.32 Å². The van der Waals surface area contributed by atoms with Crippen molar-refractivity contribution < 1.29 is 4.42 Å². The molecule has 1 heterocycles. The molecule has 1 aromatic heterocycles. The van der Waals surface area contributed by atoms with E-state index in [1.54, 1.807) is 0 Å². The molecule has 0 bridgehead atoms. The van der Waals surface area contributed by atoms with Crippen LogP contribution in [-0.2, 0) is 19.3 Å². The van der Waals surface area contributed by atoms with Crippen molar-refractivity contribution in [3.63, 3.8) is 0 Å². The maximum atomic E-state index is 5.65. The van der Waals surface area contributed by atoms with E-state index in [2.05, 4.69) is 33.7 Å². The number of aryl methyl sites for hydroxylation is 2. The Morgan fingerprint density at radius 3 is 3.00 bits per heavy atom. The van der Waals surface area contributed by atoms with Gasteiger partial charge in [-0.05, 0) is 42.9 Å². The Kier molecular flexibility index (Phi) is 3.69. The van der Waals surface area contributed by atoms with Crippen LogP contribution in [-0.4, -0.2) is 16.1 Å². The smallest absolute Gasteiger partial charge is 0.320 e. The normalized spacial score (nSPS) is 14.2. The van der Waals surface area contributed by atoms with Gasteiger partial charge >= 0.3 is 6.01 Å². The Labute approximate surface area is 117 Å². The summed E-state index contributed by atoms with van der Waals surface area (Å²) < 4.78 is 5.50. The summed E-state index contributed by atoms with van der Waals surface area (Å²) >= 11 is 5.65. The van der Waals surface area contributed by atoms with E-state index in [0.717, 1.165) is 18.5 Å². The molecule has 19 heavy (non-hydrogen) atoms. The molecule has 0 amide bonds. The molecule has 1 aliphatic carbocycles. The fourth-order valence-corrected chi connectivity index (χ4v) is 2.66. The van der Waals surface area contributed by atoms with E-state index < -0.39 is 0 Å². The maximum absolute atomic E-state index is 5.65. The number of nitrogens with zero attached hydrogens (tertiary/aromatic N) is 2. The lowest BCUT2D eigenvalue weighted by molar-refractivity contribution is 0.516. The number of nitrogens with one attached hydrogen (secondary N) is 1. The summed E-state index contributed by atoms with van der Waals surface area (Å²) in [4.78, 5) is 0. The first-order chi connectivity index (χ1) is 9.36. The molecule has 0 radical (unpaired) electrons. The van der Waals surface area contributed by atoms with Crippen molar-refractivity contribution in [1.82, 2.24) is 10.2 Å². The van der Waals surface area contributed by atoms with Gasteiger partial charge < -0.3 is 9.73 Å². The summed E-state index contributed by atoms with van der Waals surface area (Å²) in [5.41, 5.74) is 3.89. The molecule has 3 rings (SSSR count). The highest BCUT2D eigenvalue weighted by Crippen LogP contribution is 2.29. The average molecular weight is 278 g/mol. The second-order valence-electron chi connectivity index (χ2n) is 4.72. The van der Waals surface area contributed by atoms with Crippen molar-refractivity contribution in [2.45, 2.75) is 32.1 Å². The van der Waals surface area contributed by atoms with Crippen molar-refractivity contribution in [1.29, 1.82) is 0 Å². The lowest BCUT2D eigenvalue weighted by Crippen LogP contribution is -2.06. The zero-order valence-electron chi connectivity index (χ0n) is 10.7. The molecule has 0 aliphatic heterocycles. The number of rotatable bonds is 4. The van der Waals surface area contributed by atoms with E-state index in [9.17, 15) is 0 Å². The van der Waals surface area contributed by atoms with Gasteiger partial charge in [-0.1, -0.05) is 17.2 Å². The van der Waals surface area contributed by atoms with Crippen LogP contribution in [0.1, 0.15) is 29.9 Å². The molecule has 0 saturated heterocycles. The van der Waals surface area contributed by atoms with E-state index in [4.69, 9.17) is 16.0 Å². The zero-order chi connectivity index (χ0) is 13.1. The summed E-state index contributed by atoms with van der Waals surface area (Å²) in [6.45, 7) is 0. The standard InChI is InChI=1S/C14H16ClN3O/c15-9-8-13-17-18-14(19-13)16-12-7-3-5-10-4-1-2-6-11(10)12/h3,5,7H,1-2,4,6,8-9H2,(H,16,18). The number of hydrogen-bond acceptors (Lipinski definition) is 4. The maximum Gasteiger partial charge on any atom is 0.320 e. The van der Waals surface area contributed by atoms with E-state index in [1.165, 1.54) is 24.0 Å². The Morgan fingerprint density at radius 1 is 1.21 bits per heavy atom. The van der Waals surface area contributed by atoms with Gasteiger partial charge in [-0.2, -0.15) is 0 Å². The summed E-state index contributed by atoms with van der Waals surface area (Å²) in [6, 6.07) is 6.78. The average Bonchev–Trinajstić information content (AvgIpc) is 2.87. The molecular weight excluding hydrogens is 262 g/mol. The van der Waals surface area contributed by atoms with Gasteiger partial charge in [-0.3, -0.25) is 0 Å². The highest BCUT2D eigenvalue weighted by molar-refractivity contribution is 6.17. The number of anilines is 2. The lowest BCUT2D eigenvalue weighted by Gasteiger charge is -2.18. The van der Waals surface area contributed by atoms with E-state index in [0.29, 0.717) is 24.2 Å². The highest BCUT2D eigenvalue weighted by Gasteiger charge is 2.14. The first-order valence-electron chi connectivity index (χ1n) is 6.63. The molecule has 1 N–H and O–H groups in total. The second kappa shape index (κ2) is 5.61. The van der Waals surface area contributed by atoms with Crippen LogP contribution >= 0.6 is 11.6 Å². The third-order valence-corrected chi connectivity index (χ3v) is 3.60. The van der Waals surface area contributed by atoms with Crippen LogP contribution in [0, 0.1) is 0 Å². The van der Waals surface area contributed by atoms with E-state index in [1.807, 2.05) is 0 Å². The van der Waals surface area contributed by atoms with Crippen LogP contribution in [0.15, 0.2) is 22.6 Å². The molecule has 4 nitrogen and oxygen atoms in total. The SMILES string of the molecule is ClCCc1nnc(Nc2cccc3c2CCCC3)o1. The highest BCUT2D eigenvalue weighted by atomic mass is 35.5. The van der Waals surface area contributed by atoms with Crippen molar-refractivity contribution >= 4 is 23.3 Å². The van der Waals surface area contributed by atoms with Crippen LogP contribution in [0.3, 0.4) is 0 Å². The minimum Gasteiger partial charge on any atom is -0.408 e. The topological polar surface area (TPSA) is 51.0 Å². The molecule has 5 heteroatoms. The van der Waals surface area contributed by atoms with Crippen LogP contribution in [0.4, 0.5) is 11.7 Å². The number of halogens is 1. The molecule has 0 atom stereocenters. The fourth-order valence-electron chi connectivity index (χ4n) is 2.50. The fraction of sp³-hybridized carbons (Fsp3) is 0.429. The summed E-state index contributed by atoms with van der Waals surface area (Å²) in [5.74, 6) is 1.06. The Morgan fingerprint density at radius 2 is 2.11 bits per heavy atom. The van der Waals surface area contributed by atoms with E-state index >= 15 is 0 Å². The van der Waals surface area contributed by atoms with Crippen LogP contribution in [0.2, 0.25) is 0 Å². The third kappa shape index (κ3) is 2.73. The van der Waals surface area contributed by atoms with Crippen molar-refractivity contribution in [3.8, 4) is 0 Å². The Bertz CT molecular complexity index is 568. The molecule has 1 aliphatic rings. The summed E-state index contributed by atoms with van der Waals surface area (Å²) in [5, 5.41) is 11.2. The number of aromatic nitrogens is 2. The second-order valence-corrected chi connectivity index (χ2v) is 5.09. The number of alkyl halides is 1. The third-order valence-electron chi connectivity index (χ3n) is 3.41. The number of hydrogen-bond donors (Lipinski definition) is 1. The molecular formula is C14H16ClN3O. The van der Waals surface area contributed by atoms with Gasteiger partial charge in [0.15, 0.2) is 0 Å². The molecule has 2 aromatic rings. The van der Waals surface area contributed by atoms with Crippen LogP contribution in [0.5, 0.6) is 0 Å². The van der Waals surface area contributed by atoms with E-state index in [-0.39, 0.29) is 0 Å². The molecule has 0 saturated carbocycles. The van der Waals surface area contributed by atoms with Gasteiger partial charge in [0.1, 0.15) is 0 Å². The van der Waals surface area contributed by atoms with Gasteiger partial charge in [0.2, 0.25) is 5.89 Å². The monoisotopic (exact) mass is 277 g/mol. The predicted octanol–water partition coefficient (Wildman–Crippen LogP) is 3.47. The molecule has 0 unspecified atom stereocenters. The van der Waals surface area contributed by atoms with Crippen molar-refractivity contribution in [2.75, 3.05) is 11.2 Å². The minimum atomic E-state index is 0.444. The van der Waals surface area contributed by atoms with Gasteiger partial charge in [-0.25, -0.2) is 0 Å². The first-order valence-corrected chi connectivity index (χ1v) is 7.16. The minimum absolute atomic E-state index is 0.444. The largest absolute Gasteiger partial charge is 0.408 e. The summed E-state index contributed by atoms with van der Waals surface area (Å²) in [7, 11) is 0. The predicted molar refractivity (Wildman–Crippen MR) is 75.1 cm³/mol. The molecule has 0 spiro atoms. The number of benzene rings is 1. The van der Waals surface area contributed by atoms with Gasteiger partial charge in [0, 0.05) is 18.0 Å². The van der Waals surface area contributed by atoms with Crippen LogP contribution in [0.25, 0.3) is 0 Å². The Balaban J connectivity index is 1.82. The van der Waals surface area contributed by atoms with Crippen molar-refractivity contribution in [2.24, 2.45) is 0 Å². The Hall–Kier alpha value is -1.55. The number of fused-ring (bicyclic) bond motifs is 1. The van der Waals surface area contributed by atoms with Gasteiger partial charge in [-0.15, -0.1) is 16.7 Å². The van der Waals surface area contributed by atoms with Gasteiger partial charge in [0.05, 0.1) is 0 Å². The quantitative estimate of drug-likeness (QED) is 0.870. The first kappa shape index (κ1) is 12.5. The summed E-state index contributed by atoms with van der Waals surface area (Å²) in [6.07, 6.45) is 5.39.